The second kappa shape index (κ2) is 16.5. The summed E-state index contributed by atoms with van der Waals surface area (Å²) in [4.78, 5) is 49.5. The van der Waals surface area contributed by atoms with Gasteiger partial charge in [-0.25, -0.2) is 20.4 Å². The summed E-state index contributed by atoms with van der Waals surface area (Å²) in [6, 6.07) is 26.3. The van der Waals surface area contributed by atoms with E-state index in [4.69, 9.17) is 18.9 Å². The number of esters is 2. The normalized spacial score (nSPS) is 10.7. The Kier molecular flexibility index (Phi) is 11.7. The fourth-order valence-corrected chi connectivity index (χ4v) is 3.82. The monoisotopic (exact) mass is 622 g/mol. The van der Waals surface area contributed by atoms with E-state index in [1.165, 1.54) is 26.6 Å². The average molecular weight is 623 g/mol. The summed E-state index contributed by atoms with van der Waals surface area (Å²) in [7, 11) is 3.06. The number of benzene rings is 4. The van der Waals surface area contributed by atoms with E-state index in [-0.39, 0.29) is 24.3 Å². The predicted molar refractivity (Wildman–Crippen MR) is 169 cm³/mol. The molecular formula is C34H30N4O8. The minimum Gasteiger partial charge on any atom is -0.497 e. The summed E-state index contributed by atoms with van der Waals surface area (Å²) in [6.45, 7) is 0. The molecule has 46 heavy (non-hydrogen) atoms. The molecule has 2 amide bonds. The van der Waals surface area contributed by atoms with E-state index in [1.54, 1.807) is 97.1 Å². The van der Waals surface area contributed by atoms with Crippen LogP contribution in [0, 0.1) is 0 Å². The highest BCUT2D eigenvalue weighted by Crippen LogP contribution is 2.20. The largest absolute Gasteiger partial charge is 0.497 e. The van der Waals surface area contributed by atoms with E-state index in [1.807, 2.05) is 0 Å². The standard InChI is InChI=1S/C34H30N4O8/c1-43-27-15-11-23(12-16-27)33(41)45-29-9-5-3-7-25(29)21-35-37-31(39)19-20-32(40)38-36-22-26-8-4-6-10-30(26)46-34(42)24-13-17-28(44-2)18-14-24/h3-18,21-22H,19-20H2,1-2H3,(H,37,39)(H,38,40)/b35-21+,36-22+. The van der Waals surface area contributed by atoms with Crippen molar-refractivity contribution in [1.82, 2.24) is 10.9 Å². The average Bonchev–Trinajstić information content (AvgIpc) is 3.09. The summed E-state index contributed by atoms with van der Waals surface area (Å²) in [5, 5.41) is 7.81. The maximum absolute atomic E-state index is 12.5. The summed E-state index contributed by atoms with van der Waals surface area (Å²) in [5.41, 5.74) is 6.25. The number of carbonyl (C=O) groups is 4. The van der Waals surface area contributed by atoms with Gasteiger partial charge < -0.3 is 18.9 Å². The Hall–Kier alpha value is -6.30. The lowest BCUT2D eigenvalue weighted by molar-refractivity contribution is -0.126. The first-order valence-electron chi connectivity index (χ1n) is 13.9. The van der Waals surface area contributed by atoms with Gasteiger partial charge in [0.2, 0.25) is 11.8 Å². The number of nitrogens with one attached hydrogen (secondary N) is 2. The molecule has 0 aromatic heterocycles. The number of hydrogen-bond acceptors (Lipinski definition) is 10. The Bertz CT molecular complexity index is 1610. The van der Waals surface area contributed by atoms with Gasteiger partial charge in [-0.15, -0.1) is 0 Å². The Morgan fingerprint density at radius 3 is 1.30 bits per heavy atom. The smallest absolute Gasteiger partial charge is 0.343 e. The molecule has 0 aliphatic rings. The number of hydrazone groups is 2. The van der Waals surface area contributed by atoms with E-state index in [2.05, 4.69) is 21.1 Å². The molecule has 0 heterocycles. The zero-order valence-electron chi connectivity index (χ0n) is 25.0. The van der Waals surface area contributed by atoms with Crippen LogP contribution in [0.5, 0.6) is 23.0 Å². The van der Waals surface area contributed by atoms with Crippen LogP contribution in [0.3, 0.4) is 0 Å². The van der Waals surface area contributed by atoms with Crippen molar-refractivity contribution in [3.05, 3.63) is 119 Å². The van der Waals surface area contributed by atoms with Crippen LogP contribution in [-0.2, 0) is 9.59 Å². The van der Waals surface area contributed by atoms with Crippen molar-refractivity contribution in [2.24, 2.45) is 10.2 Å². The highest BCUT2D eigenvalue weighted by Gasteiger charge is 2.13. The molecule has 0 saturated heterocycles. The van der Waals surface area contributed by atoms with Gasteiger partial charge in [-0.05, 0) is 72.8 Å². The first-order chi connectivity index (χ1) is 22.4. The number of hydrogen-bond donors (Lipinski definition) is 2. The van der Waals surface area contributed by atoms with Crippen molar-refractivity contribution < 1.29 is 38.1 Å². The van der Waals surface area contributed by atoms with Gasteiger partial charge in [-0.2, -0.15) is 10.2 Å². The van der Waals surface area contributed by atoms with Crippen molar-refractivity contribution in [3.63, 3.8) is 0 Å². The highest BCUT2D eigenvalue weighted by molar-refractivity contribution is 5.94. The summed E-state index contributed by atoms with van der Waals surface area (Å²) in [5.74, 6) is -0.461. The number of nitrogens with zero attached hydrogens (tertiary/aromatic N) is 2. The molecule has 234 valence electrons. The summed E-state index contributed by atoms with van der Waals surface area (Å²) < 4.78 is 21.2. The van der Waals surface area contributed by atoms with Gasteiger partial charge in [0.25, 0.3) is 0 Å². The lowest BCUT2D eigenvalue weighted by Gasteiger charge is -2.08. The molecule has 0 unspecified atom stereocenters. The molecule has 4 aromatic carbocycles. The second-order valence-electron chi connectivity index (χ2n) is 9.40. The van der Waals surface area contributed by atoms with Gasteiger partial charge in [0.05, 0.1) is 37.8 Å². The Morgan fingerprint density at radius 1 is 0.565 bits per heavy atom. The second-order valence-corrected chi connectivity index (χ2v) is 9.40. The first-order valence-corrected chi connectivity index (χ1v) is 13.9. The summed E-state index contributed by atoms with van der Waals surface area (Å²) in [6.07, 6.45) is 2.33. The number of ether oxygens (including phenoxy) is 4. The molecule has 0 aliphatic carbocycles. The van der Waals surface area contributed by atoms with Crippen LogP contribution in [0.1, 0.15) is 44.7 Å². The van der Waals surface area contributed by atoms with Gasteiger partial charge >= 0.3 is 11.9 Å². The number of rotatable bonds is 13. The number of carbonyl (C=O) groups excluding carboxylic acids is 4. The Morgan fingerprint density at radius 2 is 0.935 bits per heavy atom. The molecule has 0 radical (unpaired) electrons. The van der Waals surface area contributed by atoms with Crippen LogP contribution >= 0.6 is 0 Å². The third-order valence-corrected chi connectivity index (χ3v) is 6.26. The number of para-hydroxylation sites is 2. The molecule has 0 aliphatic heterocycles. The molecule has 4 rings (SSSR count). The first kappa shape index (κ1) is 32.6. The number of methoxy groups -OCH3 is 2. The quantitative estimate of drug-likeness (QED) is 0.0955. The van der Waals surface area contributed by atoms with E-state index in [9.17, 15) is 19.2 Å². The lowest BCUT2D eigenvalue weighted by atomic mass is 10.2. The topological polar surface area (TPSA) is 154 Å². The van der Waals surface area contributed by atoms with Crippen molar-refractivity contribution in [2.45, 2.75) is 12.8 Å². The van der Waals surface area contributed by atoms with Gasteiger partial charge in [-0.3, -0.25) is 9.59 Å². The van der Waals surface area contributed by atoms with Gasteiger partial charge in [-0.1, -0.05) is 24.3 Å². The molecular weight excluding hydrogens is 592 g/mol. The minimum atomic E-state index is -0.570. The lowest BCUT2D eigenvalue weighted by Crippen LogP contribution is -2.23. The molecule has 0 bridgehead atoms. The van der Waals surface area contributed by atoms with Gasteiger partial charge in [0.15, 0.2) is 0 Å². The van der Waals surface area contributed by atoms with Gasteiger partial charge in [0.1, 0.15) is 23.0 Å². The fourth-order valence-electron chi connectivity index (χ4n) is 3.82. The van der Waals surface area contributed by atoms with Crippen LogP contribution in [0.15, 0.2) is 107 Å². The van der Waals surface area contributed by atoms with Crippen LogP contribution in [0.2, 0.25) is 0 Å². The molecule has 4 aromatic rings. The van der Waals surface area contributed by atoms with Crippen molar-refractivity contribution in [1.29, 1.82) is 0 Å². The zero-order chi connectivity index (χ0) is 32.7. The van der Waals surface area contributed by atoms with E-state index < -0.39 is 23.8 Å². The SMILES string of the molecule is COc1ccc(C(=O)Oc2ccccc2/C=N/NC(=O)CCC(=O)N/N=C/c2ccccc2OC(=O)c2ccc(OC)cc2)cc1. The van der Waals surface area contributed by atoms with Crippen LogP contribution in [-0.4, -0.2) is 50.4 Å². The number of amides is 2. The van der Waals surface area contributed by atoms with Crippen LogP contribution in [0.4, 0.5) is 0 Å². The van der Waals surface area contributed by atoms with Crippen LogP contribution < -0.4 is 29.8 Å². The molecule has 2 N–H and O–H groups in total. The Balaban J connectivity index is 1.23. The molecule has 12 heteroatoms. The van der Waals surface area contributed by atoms with Gasteiger partial charge in [0, 0.05) is 24.0 Å². The third-order valence-electron chi connectivity index (χ3n) is 6.26. The fraction of sp³-hybridized carbons (Fsp3) is 0.118. The van der Waals surface area contributed by atoms with E-state index >= 15 is 0 Å². The van der Waals surface area contributed by atoms with Crippen molar-refractivity contribution in [2.75, 3.05) is 14.2 Å². The van der Waals surface area contributed by atoms with Crippen molar-refractivity contribution >= 4 is 36.2 Å². The molecule has 12 nitrogen and oxygen atoms in total. The molecule has 0 saturated carbocycles. The maximum Gasteiger partial charge on any atom is 0.343 e. The maximum atomic E-state index is 12.5. The Labute approximate surface area is 264 Å². The molecule has 0 atom stereocenters. The van der Waals surface area contributed by atoms with E-state index in [0.717, 1.165) is 0 Å². The minimum absolute atomic E-state index is 0.164. The zero-order valence-corrected chi connectivity index (χ0v) is 25.0. The van der Waals surface area contributed by atoms with Crippen molar-refractivity contribution in [3.8, 4) is 23.0 Å². The molecule has 0 fully saturated rings. The van der Waals surface area contributed by atoms with Crippen LogP contribution in [0.25, 0.3) is 0 Å². The summed E-state index contributed by atoms with van der Waals surface area (Å²) >= 11 is 0. The molecule has 0 spiro atoms. The highest BCUT2D eigenvalue weighted by atomic mass is 16.5. The predicted octanol–water partition coefficient (Wildman–Crippen LogP) is 4.52. The third kappa shape index (κ3) is 9.61. The van der Waals surface area contributed by atoms with E-state index in [0.29, 0.717) is 33.8 Å².